The zero-order valence-corrected chi connectivity index (χ0v) is 50.6. The first kappa shape index (κ1) is 72.7. The van der Waals surface area contributed by atoms with Gasteiger partial charge in [-0.05, 0) is 57.8 Å². The molecule has 2 unspecified atom stereocenters. The number of carbonyl (C=O) groups excluding carboxylic acids is 2. The molecule has 438 valence electrons. The number of unbranched alkanes of at least 4 members (excludes halogenated alkanes) is 34. The summed E-state index contributed by atoms with van der Waals surface area (Å²) in [5, 5.41) is 0. The highest BCUT2D eigenvalue weighted by atomic mass is 31.2. The van der Waals surface area contributed by atoms with Gasteiger partial charge in [0.25, 0.3) is 7.82 Å². The summed E-state index contributed by atoms with van der Waals surface area (Å²) in [6.07, 6.45) is 72.8. The Balaban J connectivity index is 4.11. The van der Waals surface area contributed by atoms with Gasteiger partial charge in [0.05, 0.1) is 27.7 Å². The molecule has 0 aromatic carbocycles. The van der Waals surface area contributed by atoms with E-state index in [-0.39, 0.29) is 32.0 Å². The predicted molar refractivity (Wildman–Crippen MR) is 319 cm³/mol. The van der Waals surface area contributed by atoms with Gasteiger partial charge in [0.1, 0.15) is 19.8 Å². The Bertz CT molecular complexity index is 1450. The lowest BCUT2D eigenvalue weighted by Gasteiger charge is -2.28. The minimum absolute atomic E-state index is 0.0326. The highest BCUT2D eigenvalue weighted by molar-refractivity contribution is 7.45. The van der Waals surface area contributed by atoms with Gasteiger partial charge in [-0.2, -0.15) is 0 Å². The number of quaternary nitrogens is 1. The number of hydrogen-bond acceptors (Lipinski definition) is 8. The molecule has 0 radical (unpaired) electrons. The van der Waals surface area contributed by atoms with Crippen molar-refractivity contribution < 1.29 is 42.1 Å². The zero-order chi connectivity index (χ0) is 54.9. The summed E-state index contributed by atoms with van der Waals surface area (Å²) >= 11 is 0. The number of nitrogens with zero attached hydrogens (tertiary/aromatic N) is 1. The minimum Gasteiger partial charge on any atom is -0.756 e. The Morgan fingerprint density at radius 1 is 0.427 bits per heavy atom. The summed E-state index contributed by atoms with van der Waals surface area (Å²) in [5.41, 5.74) is 0. The van der Waals surface area contributed by atoms with E-state index >= 15 is 0 Å². The number of carbonyl (C=O) groups is 2. The number of rotatable bonds is 58. The smallest absolute Gasteiger partial charge is 0.306 e. The van der Waals surface area contributed by atoms with Crippen LogP contribution in [-0.2, 0) is 32.7 Å². The molecule has 9 nitrogen and oxygen atoms in total. The van der Waals surface area contributed by atoms with Crippen LogP contribution >= 0.6 is 7.82 Å². The second-order valence-corrected chi connectivity index (χ2v) is 23.8. The molecule has 0 aliphatic rings. The van der Waals surface area contributed by atoms with Crippen LogP contribution in [0.4, 0.5) is 0 Å². The van der Waals surface area contributed by atoms with Gasteiger partial charge in [-0.3, -0.25) is 14.2 Å². The van der Waals surface area contributed by atoms with Gasteiger partial charge in [0.2, 0.25) is 0 Å². The maximum atomic E-state index is 12.8. The van der Waals surface area contributed by atoms with Crippen molar-refractivity contribution >= 4 is 19.8 Å². The third-order valence-corrected chi connectivity index (χ3v) is 14.8. The normalized spacial score (nSPS) is 13.6. The quantitative estimate of drug-likeness (QED) is 0.0195. The van der Waals surface area contributed by atoms with Crippen LogP contribution in [0.15, 0.2) is 60.8 Å². The monoisotopic (exact) mass is 1070 g/mol. The van der Waals surface area contributed by atoms with E-state index in [0.717, 1.165) is 77.0 Å². The lowest BCUT2D eigenvalue weighted by Crippen LogP contribution is -2.37. The maximum absolute atomic E-state index is 12.8. The highest BCUT2D eigenvalue weighted by Crippen LogP contribution is 2.38. The van der Waals surface area contributed by atoms with Crippen molar-refractivity contribution in [1.29, 1.82) is 0 Å². The van der Waals surface area contributed by atoms with Gasteiger partial charge < -0.3 is 27.9 Å². The fourth-order valence-corrected chi connectivity index (χ4v) is 9.71. The molecular weight excluding hydrogens is 954 g/mol. The number of phosphoric acid groups is 1. The summed E-state index contributed by atoms with van der Waals surface area (Å²) in [7, 11) is 1.17. The SMILES string of the molecule is CC/C=C\C/C=C\C/C=C\C/C=C\C/C=C\CCCCCCCCCCCC(=O)OC(COC(=O)CCCCCCCCCCCCCCCCCCCCCCCCCCCC)COP(=O)([O-])OCC[N+](C)(C)C. The summed E-state index contributed by atoms with van der Waals surface area (Å²) in [5.74, 6) is -0.829. The summed E-state index contributed by atoms with van der Waals surface area (Å²) < 4.78 is 34.2. The largest absolute Gasteiger partial charge is 0.756 e. The molecule has 10 heteroatoms. The molecule has 0 rings (SSSR count). The number of hydrogen-bond donors (Lipinski definition) is 0. The molecule has 0 aliphatic heterocycles. The van der Waals surface area contributed by atoms with Gasteiger partial charge >= 0.3 is 11.9 Å². The molecule has 0 saturated heterocycles. The van der Waals surface area contributed by atoms with E-state index in [1.54, 1.807) is 0 Å². The van der Waals surface area contributed by atoms with Crippen molar-refractivity contribution in [3.63, 3.8) is 0 Å². The Morgan fingerprint density at radius 2 is 0.760 bits per heavy atom. The predicted octanol–water partition coefficient (Wildman–Crippen LogP) is 19.2. The van der Waals surface area contributed by atoms with Gasteiger partial charge in [0.15, 0.2) is 6.10 Å². The van der Waals surface area contributed by atoms with Gasteiger partial charge in [0, 0.05) is 12.8 Å². The highest BCUT2D eigenvalue weighted by Gasteiger charge is 2.22. The Labute approximate surface area is 464 Å². The van der Waals surface area contributed by atoms with Crippen molar-refractivity contribution in [2.24, 2.45) is 0 Å². The van der Waals surface area contributed by atoms with E-state index in [9.17, 15) is 19.0 Å². The van der Waals surface area contributed by atoms with Crippen LogP contribution in [-0.4, -0.2) is 70.0 Å². The van der Waals surface area contributed by atoms with Gasteiger partial charge in [-0.15, -0.1) is 0 Å². The molecular formula is C65H120NO8P. The molecule has 0 N–H and O–H groups in total. The van der Waals surface area contributed by atoms with E-state index in [4.69, 9.17) is 18.5 Å². The number of esters is 2. The Kier molecular flexibility index (Phi) is 54.7. The van der Waals surface area contributed by atoms with Crippen LogP contribution in [0.5, 0.6) is 0 Å². The standard InChI is InChI=1S/C65H120NO8P/c1-6-8-10-12-14-16-18-20-22-24-26-28-30-32-34-35-37-39-41-43-45-47-49-51-53-55-57-64(67)71-61-63(62-73-75(69,70)72-60-59-66(3,4)5)74-65(68)58-56-54-52-50-48-46-44-42-40-38-36-33-31-29-27-25-23-21-19-17-15-13-11-9-7-2/h9,11,15,17,21,23,27,29,33,36,63H,6-8,10,12-14,16,18-20,22,24-26,28,30-32,34-35,37-62H2,1-5H3/b11-9-,17-15-,23-21-,29-27-,36-33-. The summed E-state index contributed by atoms with van der Waals surface area (Å²) in [6, 6.07) is 0. The lowest BCUT2D eigenvalue weighted by atomic mass is 10.0. The number of phosphoric ester groups is 1. The van der Waals surface area contributed by atoms with Crippen molar-refractivity contribution in [3.05, 3.63) is 60.8 Å². The van der Waals surface area contributed by atoms with E-state index in [1.165, 1.54) is 180 Å². The average Bonchev–Trinajstić information content (AvgIpc) is 3.37. The van der Waals surface area contributed by atoms with E-state index in [2.05, 4.69) is 74.6 Å². The molecule has 0 spiro atoms. The second kappa shape index (κ2) is 56.4. The number of ether oxygens (including phenoxy) is 2. The van der Waals surface area contributed by atoms with Crippen LogP contribution in [0.3, 0.4) is 0 Å². The molecule has 0 aliphatic carbocycles. The third kappa shape index (κ3) is 60.8. The fourth-order valence-electron chi connectivity index (χ4n) is 8.98. The third-order valence-electron chi connectivity index (χ3n) is 13.8. The molecule has 0 aromatic heterocycles. The van der Waals surface area contributed by atoms with E-state index < -0.39 is 26.5 Å². The second-order valence-electron chi connectivity index (χ2n) is 22.4. The molecule has 0 aromatic rings. The van der Waals surface area contributed by atoms with Crippen LogP contribution in [0.25, 0.3) is 0 Å². The van der Waals surface area contributed by atoms with Crippen LogP contribution in [0.1, 0.15) is 290 Å². The van der Waals surface area contributed by atoms with Crippen molar-refractivity contribution in [1.82, 2.24) is 0 Å². The van der Waals surface area contributed by atoms with Crippen LogP contribution in [0, 0.1) is 0 Å². The molecule has 0 heterocycles. The Morgan fingerprint density at radius 3 is 1.13 bits per heavy atom. The summed E-state index contributed by atoms with van der Waals surface area (Å²) in [4.78, 5) is 38.0. The number of likely N-dealkylation sites (N-methyl/N-ethyl adjacent to an activating group) is 1. The van der Waals surface area contributed by atoms with Crippen LogP contribution in [0.2, 0.25) is 0 Å². The topological polar surface area (TPSA) is 111 Å². The van der Waals surface area contributed by atoms with Gasteiger partial charge in [-0.1, -0.05) is 280 Å². The number of allylic oxidation sites excluding steroid dienone is 10. The lowest BCUT2D eigenvalue weighted by molar-refractivity contribution is -0.870. The van der Waals surface area contributed by atoms with Crippen molar-refractivity contribution in [2.45, 2.75) is 296 Å². The Hall–Kier alpha value is -2.29. The first-order valence-corrected chi connectivity index (χ1v) is 33.0. The molecule has 0 saturated carbocycles. The molecule has 0 amide bonds. The molecule has 2 atom stereocenters. The zero-order valence-electron chi connectivity index (χ0n) is 49.7. The van der Waals surface area contributed by atoms with Crippen molar-refractivity contribution in [3.8, 4) is 0 Å². The van der Waals surface area contributed by atoms with Crippen molar-refractivity contribution in [2.75, 3.05) is 47.5 Å². The molecule has 0 fully saturated rings. The summed E-state index contributed by atoms with van der Waals surface area (Å²) in [6.45, 7) is 4.16. The first-order valence-electron chi connectivity index (χ1n) is 31.5. The molecule has 0 bridgehead atoms. The van der Waals surface area contributed by atoms with Crippen LogP contribution < -0.4 is 4.89 Å². The van der Waals surface area contributed by atoms with Gasteiger partial charge in [-0.25, -0.2) is 0 Å². The fraction of sp³-hybridized carbons (Fsp3) is 0.815. The molecule has 75 heavy (non-hydrogen) atoms. The first-order chi connectivity index (χ1) is 36.5. The van der Waals surface area contributed by atoms with E-state index in [0.29, 0.717) is 17.4 Å². The average molecular weight is 1070 g/mol. The van der Waals surface area contributed by atoms with E-state index in [1.807, 2.05) is 21.1 Å². The maximum Gasteiger partial charge on any atom is 0.306 e. The minimum atomic E-state index is -4.64.